The van der Waals surface area contributed by atoms with Crippen molar-refractivity contribution in [3.05, 3.63) is 34.3 Å². The van der Waals surface area contributed by atoms with E-state index in [0.717, 1.165) is 15.7 Å². The van der Waals surface area contributed by atoms with E-state index in [1.165, 1.54) is 0 Å². The number of rotatable bonds is 4. The number of nitrogens with zero attached hydrogens (tertiary/aromatic N) is 5. The second-order valence-electron chi connectivity index (χ2n) is 4.93. The van der Waals surface area contributed by atoms with Gasteiger partial charge in [-0.1, -0.05) is 0 Å². The maximum atomic E-state index is 12.4. The molecule has 0 bridgehead atoms. The van der Waals surface area contributed by atoms with Crippen LogP contribution in [0.15, 0.2) is 23.1 Å². The first kappa shape index (κ1) is 14.8. The molecule has 0 aromatic carbocycles. The summed E-state index contributed by atoms with van der Waals surface area (Å²) in [5.41, 5.74) is 1.88. The average Bonchev–Trinajstić information content (AvgIpc) is 2.94. The van der Waals surface area contributed by atoms with Gasteiger partial charge in [0.2, 0.25) is 5.91 Å². The first-order valence-electron chi connectivity index (χ1n) is 6.32. The molecule has 2 rings (SSSR count). The Balaban J connectivity index is 2.06. The second kappa shape index (κ2) is 5.78. The lowest BCUT2D eigenvalue weighted by molar-refractivity contribution is -0.133. The molecule has 0 aliphatic heterocycles. The highest BCUT2D eigenvalue weighted by atomic mass is 79.9. The molecule has 2 heterocycles. The third-order valence-electron chi connectivity index (χ3n) is 3.17. The van der Waals surface area contributed by atoms with E-state index in [1.54, 1.807) is 27.5 Å². The lowest BCUT2D eigenvalue weighted by Crippen LogP contribution is -2.32. The predicted molar refractivity (Wildman–Crippen MR) is 79.1 cm³/mol. The van der Waals surface area contributed by atoms with Crippen LogP contribution in [-0.4, -0.2) is 37.4 Å². The molecule has 0 fully saturated rings. The fourth-order valence-electron chi connectivity index (χ4n) is 2.00. The molecule has 6 nitrogen and oxygen atoms in total. The largest absolute Gasteiger partial charge is 0.339 e. The van der Waals surface area contributed by atoms with Crippen LogP contribution in [0, 0.1) is 6.92 Å². The van der Waals surface area contributed by atoms with E-state index in [4.69, 9.17) is 0 Å². The van der Waals surface area contributed by atoms with Crippen LogP contribution in [0.3, 0.4) is 0 Å². The Morgan fingerprint density at radius 1 is 1.50 bits per heavy atom. The van der Waals surface area contributed by atoms with Gasteiger partial charge in [-0.15, -0.1) is 0 Å². The molecular weight excluding hydrogens is 322 g/mol. The van der Waals surface area contributed by atoms with Crippen LogP contribution in [-0.2, 0) is 18.4 Å². The Bertz CT molecular complexity index is 599. The van der Waals surface area contributed by atoms with E-state index in [-0.39, 0.29) is 11.9 Å². The van der Waals surface area contributed by atoms with Crippen molar-refractivity contribution < 1.29 is 4.79 Å². The van der Waals surface area contributed by atoms with Gasteiger partial charge in [-0.25, -0.2) is 0 Å². The number of hydrogen-bond donors (Lipinski definition) is 0. The lowest BCUT2D eigenvalue weighted by Gasteiger charge is -2.21. The minimum Gasteiger partial charge on any atom is -0.339 e. The SMILES string of the molecule is Cc1nn([C@@H](C)C(=O)N(C)Cc2cnn(C)c2)cc1Br. The summed E-state index contributed by atoms with van der Waals surface area (Å²) >= 11 is 3.41. The summed E-state index contributed by atoms with van der Waals surface area (Å²) in [5.74, 6) is 0.0175. The molecule has 1 amide bonds. The van der Waals surface area contributed by atoms with E-state index >= 15 is 0 Å². The topological polar surface area (TPSA) is 56.0 Å². The Kier molecular flexibility index (Phi) is 4.27. The van der Waals surface area contributed by atoms with Crippen LogP contribution < -0.4 is 0 Å². The van der Waals surface area contributed by atoms with Gasteiger partial charge in [0, 0.05) is 38.6 Å². The van der Waals surface area contributed by atoms with Crippen molar-refractivity contribution in [2.24, 2.45) is 7.05 Å². The summed E-state index contributed by atoms with van der Waals surface area (Å²) in [7, 11) is 3.65. The molecule has 0 saturated carbocycles. The number of aryl methyl sites for hydroxylation is 2. The molecule has 0 spiro atoms. The van der Waals surface area contributed by atoms with E-state index in [0.29, 0.717) is 6.54 Å². The zero-order chi connectivity index (χ0) is 14.9. The first-order chi connectivity index (χ1) is 9.38. The highest BCUT2D eigenvalue weighted by molar-refractivity contribution is 9.10. The quantitative estimate of drug-likeness (QED) is 0.854. The van der Waals surface area contributed by atoms with Crippen molar-refractivity contribution in [1.82, 2.24) is 24.5 Å². The van der Waals surface area contributed by atoms with Gasteiger partial charge >= 0.3 is 0 Å². The first-order valence-corrected chi connectivity index (χ1v) is 7.11. The van der Waals surface area contributed by atoms with Gasteiger partial charge in [0.05, 0.1) is 16.4 Å². The van der Waals surface area contributed by atoms with Gasteiger partial charge < -0.3 is 4.90 Å². The van der Waals surface area contributed by atoms with Gasteiger partial charge in [-0.2, -0.15) is 10.2 Å². The lowest BCUT2D eigenvalue weighted by atomic mass is 10.2. The average molecular weight is 340 g/mol. The summed E-state index contributed by atoms with van der Waals surface area (Å²) < 4.78 is 4.32. The highest BCUT2D eigenvalue weighted by Crippen LogP contribution is 2.18. The van der Waals surface area contributed by atoms with E-state index < -0.39 is 0 Å². The maximum Gasteiger partial charge on any atom is 0.247 e. The van der Waals surface area contributed by atoms with Gasteiger partial charge in [0.25, 0.3) is 0 Å². The Hall–Kier alpha value is -1.63. The molecule has 2 aromatic heterocycles. The normalized spacial score (nSPS) is 12.4. The number of likely N-dealkylation sites (N-methyl/N-ethyl adjacent to an activating group) is 1. The molecule has 2 aromatic rings. The fourth-order valence-corrected chi connectivity index (χ4v) is 2.28. The second-order valence-corrected chi connectivity index (χ2v) is 5.79. The molecule has 0 radical (unpaired) electrons. The fraction of sp³-hybridized carbons (Fsp3) is 0.462. The predicted octanol–water partition coefficient (Wildman–Crippen LogP) is 1.91. The maximum absolute atomic E-state index is 12.4. The molecule has 0 unspecified atom stereocenters. The van der Waals surface area contributed by atoms with Crippen molar-refractivity contribution in [3.63, 3.8) is 0 Å². The Morgan fingerprint density at radius 3 is 2.70 bits per heavy atom. The number of carbonyl (C=O) groups is 1. The smallest absolute Gasteiger partial charge is 0.247 e. The molecule has 0 aliphatic carbocycles. The van der Waals surface area contributed by atoms with Crippen molar-refractivity contribution in [2.45, 2.75) is 26.4 Å². The summed E-state index contributed by atoms with van der Waals surface area (Å²) in [4.78, 5) is 14.1. The van der Waals surface area contributed by atoms with Crippen LogP contribution >= 0.6 is 15.9 Å². The highest BCUT2D eigenvalue weighted by Gasteiger charge is 2.21. The molecule has 0 aliphatic rings. The van der Waals surface area contributed by atoms with Crippen molar-refractivity contribution >= 4 is 21.8 Å². The Morgan fingerprint density at radius 2 is 2.20 bits per heavy atom. The van der Waals surface area contributed by atoms with Crippen molar-refractivity contribution in [2.75, 3.05) is 7.05 Å². The van der Waals surface area contributed by atoms with E-state index in [2.05, 4.69) is 26.1 Å². The minimum absolute atomic E-state index is 0.0175. The Labute approximate surface area is 126 Å². The van der Waals surface area contributed by atoms with Gasteiger partial charge in [0.1, 0.15) is 6.04 Å². The molecule has 1 atom stereocenters. The third-order valence-corrected chi connectivity index (χ3v) is 3.94. The number of carbonyl (C=O) groups excluding carboxylic acids is 1. The molecular formula is C13H18BrN5O. The van der Waals surface area contributed by atoms with Gasteiger partial charge in [-0.3, -0.25) is 14.2 Å². The van der Waals surface area contributed by atoms with Gasteiger partial charge in [0.15, 0.2) is 0 Å². The number of aromatic nitrogens is 4. The van der Waals surface area contributed by atoms with Crippen LogP contribution in [0.25, 0.3) is 0 Å². The van der Waals surface area contributed by atoms with E-state index in [9.17, 15) is 4.79 Å². The monoisotopic (exact) mass is 339 g/mol. The standard InChI is InChI=1S/C13H18BrN5O/c1-9-12(14)8-19(16-9)10(2)13(20)17(3)6-11-5-15-18(4)7-11/h5,7-8,10H,6H2,1-4H3/t10-/m0/s1. The number of amides is 1. The molecule has 108 valence electrons. The summed E-state index contributed by atoms with van der Waals surface area (Å²) in [5, 5.41) is 8.43. The van der Waals surface area contributed by atoms with Crippen LogP contribution in [0.1, 0.15) is 24.2 Å². The number of hydrogen-bond acceptors (Lipinski definition) is 3. The zero-order valence-corrected chi connectivity index (χ0v) is 13.6. The summed E-state index contributed by atoms with van der Waals surface area (Å²) in [6.07, 6.45) is 5.50. The third kappa shape index (κ3) is 3.09. The van der Waals surface area contributed by atoms with Crippen LogP contribution in [0.4, 0.5) is 0 Å². The molecule has 0 N–H and O–H groups in total. The van der Waals surface area contributed by atoms with Gasteiger partial charge in [-0.05, 0) is 29.8 Å². The minimum atomic E-state index is -0.332. The summed E-state index contributed by atoms with van der Waals surface area (Å²) in [6.45, 7) is 4.29. The van der Waals surface area contributed by atoms with Crippen molar-refractivity contribution in [1.29, 1.82) is 0 Å². The summed E-state index contributed by atoms with van der Waals surface area (Å²) in [6, 6.07) is -0.332. The zero-order valence-electron chi connectivity index (χ0n) is 12.0. The molecule has 0 saturated heterocycles. The van der Waals surface area contributed by atoms with E-state index in [1.807, 2.05) is 33.3 Å². The van der Waals surface area contributed by atoms with Crippen molar-refractivity contribution in [3.8, 4) is 0 Å². The number of halogens is 1. The van der Waals surface area contributed by atoms with Crippen LogP contribution in [0.5, 0.6) is 0 Å². The molecule has 20 heavy (non-hydrogen) atoms. The molecule has 7 heteroatoms. The van der Waals surface area contributed by atoms with Crippen LogP contribution in [0.2, 0.25) is 0 Å².